The summed E-state index contributed by atoms with van der Waals surface area (Å²) in [5.74, 6) is 3.24. The summed E-state index contributed by atoms with van der Waals surface area (Å²) < 4.78 is 0. The van der Waals surface area contributed by atoms with Crippen LogP contribution in [0.2, 0.25) is 0 Å². The summed E-state index contributed by atoms with van der Waals surface area (Å²) in [6, 6.07) is 0. The van der Waals surface area contributed by atoms with E-state index in [-0.39, 0.29) is 11.5 Å². The molecule has 4 saturated carbocycles. The van der Waals surface area contributed by atoms with Gasteiger partial charge in [0.25, 0.3) is 0 Å². The van der Waals surface area contributed by atoms with Crippen molar-refractivity contribution < 1.29 is 9.94 Å². The van der Waals surface area contributed by atoms with Gasteiger partial charge in [0.05, 0.1) is 11.8 Å². The fourth-order valence-corrected chi connectivity index (χ4v) is 7.48. The van der Waals surface area contributed by atoms with Crippen LogP contribution in [-0.2, 0) is 4.84 Å². The van der Waals surface area contributed by atoms with Crippen LogP contribution in [0.3, 0.4) is 0 Å². The molecule has 0 aromatic carbocycles. The Morgan fingerprint density at radius 1 is 1.04 bits per heavy atom. The minimum absolute atomic E-state index is 0.0571. The van der Waals surface area contributed by atoms with E-state index in [1.165, 1.54) is 44.2 Å². The van der Waals surface area contributed by atoms with Gasteiger partial charge in [-0.05, 0) is 106 Å². The van der Waals surface area contributed by atoms with E-state index in [9.17, 15) is 5.11 Å². The molecule has 0 radical (unpaired) electrons. The molecule has 4 fully saturated rings. The maximum Gasteiger partial charge on any atom is 0.129 e. The summed E-state index contributed by atoms with van der Waals surface area (Å²) in [5.41, 5.74) is 1.97. The molecule has 27 heavy (non-hydrogen) atoms. The van der Waals surface area contributed by atoms with E-state index in [1.807, 2.05) is 0 Å². The average molecular weight is 377 g/mol. The van der Waals surface area contributed by atoms with Crippen molar-refractivity contribution in [2.24, 2.45) is 39.7 Å². The second-order valence-electron chi connectivity index (χ2n) is 10.8. The number of hydrogen-bond donors (Lipinski definition) is 1. The van der Waals surface area contributed by atoms with Gasteiger partial charge >= 0.3 is 0 Å². The van der Waals surface area contributed by atoms with Crippen LogP contribution in [0.25, 0.3) is 0 Å². The van der Waals surface area contributed by atoms with Gasteiger partial charge in [0, 0.05) is 6.54 Å². The van der Waals surface area contributed by atoms with Crippen LogP contribution in [0.15, 0.2) is 5.16 Å². The maximum absolute atomic E-state index is 10.6. The lowest BCUT2D eigenvalue weighted by Gasteiger charge is -2.60. The van der Waals surface area contributed by atoms with Gasteiger partial charge in [-0.2, -0.15) is 0 Å². The first-order valence-corrected chi connectivity index (χ1v) is 11.3. The molecule has 0 heterocycles. The first kappa shape index (κ1) is 19.7. The van der Waals surface area contributed by atoms with Crippen LogP contribution in [0.5, 0.6) is 0 Å². The van der Waals surface area contributed by atoms with Crippen LogP contribution >= 0.6 is 0 Å². The standard InChI is InChI=1S/C23H40N2O2/c1-22-11-9-17(24-27-14-13-25(3)4)15-16(22)5-6-18-19-7-8-21(26)23(19,2)12-10-20(18)22/h16,18-21,26H,5-15H2,1-4H3. The molecular weight excluding hydrogens is 336 g/mol. The zero-order valence-electron chi connectivity index (χ0n) is 17.9. The normalized spacial score (nSPS) is 48.2. The Bertz CT molecular complexity index is 577. The zero-order valence-corrected chi connectivity index (χ0v) is 17.9. The van der Waals surface area contributed by atoms with Crippen molar-refractivity contribution in [3.63, 3.8) is 0 Å². The predicted molar refractivity (Wildman–Crippen MR) is 110 cm³/mol. The number of aliphatic hydroxyl groups is 1. The summed E-state index contributed by atoms with van der Waals surface area (Å²) in [6.07, 6.45) is 11.0. The van der Waals surface area contributed by atoms with Gasteiger partial charge in [-0.1, -0.05) is 19.0 Å². The highest BCUT2D eigenvalue weighted by Gasteiger charge is 2.59. The van der Waals surface area contributed by atoms with Gasteiger partial charge in [0.15, 0.2) is 0 Å². The third-order valence-electron chi connectivity index (χ3n) is 9.27. The van der Waals surface area contributed by atoms with Crippen molar-refractivity contribution >= 4 is 5.71 Å². The van der Waals surface area contributed by atoms with Gasteiger partial charge < -0.3 is 14.8 Å². The van der Waals surface area contributed by atoms with Gasteiger partial charge in [-0.3, -0.25) is 0 Å². The van der Waals surface area contributed by atoms with E-state index in [0.29, 0.717) is 12.0 Å². The van der Waals surface area contributed by atoms with Crippen molar-refractivity contribution in [2.75, 3.05) is 27.2 Å². The molecular formula is C23H40N2O2. The molecule has 0 aliphatic heterocycles. The SMILES string of the molecule is CN(C)CCON=C1CCC2(C)C(CCC3C4CCC(O)C4(C)CCC32)C1. The monoisotopic (exact) mass is 376 g/mol. The molecule has 0 aromatic heterocycles. The second-order valence-corrected chi connectivity index (χ2v) is 10.8. The molecule has 7 atom stereocenters. The van der Waals surface area contributed by atoms with E-state index in [4.69, 9.17) is 4.84 Å². The average Bonchev–Trinajstić information content (AvgIpc) is 2.94. The Kier molecular flexibility index (Phi) is 5.35. The van der Waals surface area contributed by atoms with Crippen LogP contribution in [-0.4, -0.2) is 49.1 Å². The Morgan fingerprint density at radius 3 is 2.59 bits per heavy atom. The molecule has 1 N–H and O–H groups in total. The first-order chi connectivity index (χ1) is 12.8. The van der Waals surface area contributed by atoms with E-state index >= 15 is 0 Å². The molecule has 4 rings (SSSR count). The summed E-state index contributed by atoms with van der Waals surface area (Å²) in [5, 5.41) is 15.1. The zero-order chi connectivity index (χ0) is 19.2. The van der Waals surface area contributed by atoms with Crippen molar-refractivity contribution in [2.45, 2.75) is 77.7 Å². The van der Waals surface area contributed by atoms with E-state index in [2.05, 4.69) is 38.0 Å². The van der Waals surface area contributed by atoms with Crippen LogP contribution in [0, 0.1) is 34.5 Å². The van der Waals surface area contributed by atoms with E-state index in [0.717, 1.165) is 49.5 Å². The number of hydrogen-bond acceptors (Lipinski definition) is 4. The number of fused-ring (bicyclic) bond motifs is 5. The highest BCUT2D eigenvalue weighted by molar-refractivity contribution is 5.85. The quantitative estimate of drug-likeness (QED) is 0.587. The van der Waals surface area contributed by atoms with Gasteiger partial charge in [0.2, 0.25) is 0 Å². The van der Waals surface area contributed by atoms with Crippen LogP contribution in [0.1, 0.15) is 71.6 Å². The summed E-state index contributed by atoms with van der Waals surface area (Å²) in [7, 11) is 4.14. The Balaban J connectivity index is 1.43. The maximum atomic E-state index is 10.6. The topological polar surface area (TPSA) is 45.1 Å². The molecule has 0 spiro atoms. The second kappa shape index (κ2) is 7.33. The predicted octanol–water partition coefficient (Wildman–Crippen LogP) is 4.32. The van der Waals surface area contributed by atoms with Gasteiger partial charge in [-0.25, -0.2) is 0 Å². The number of nitrogens with zero attached hydrogens (tertiary/aromatic N) is 2. The third-order valence-corrected chi connectivity index (χ3v) is 9.27. The highest BCUT2D eigenvalue weighted by Crippen LogP contribution is 2.65. The Morgan fingerprint density at radius 2 is 1.81 bits per heavy atom. The molecule has 4 aliphatic carbocycles. The van der Waals surface area contributed by atoms with Gasteiger partial charge in [0.1, 0.15) is 6.61 Å². The minimum Gasteiger partial charge on any atom is -0.394 e. The largest absolute Gasteiger partial charge is 0.394 e. The molecule has 7 unspecified atom stereocenters. The highest BCUT2D eigenvalue weighted by atomic mass is 16.6. The molecule has 0 aromatic rings. The fraction of sp³-hybridized carbons (Fsp3) is 0.957. The third kappa shape index (κ3) is 3.35. The Hall–Kier alpha value is -0.610. The molecule has 0 saturated heterocycles. The van der Waals surface area contributed by atoms with E-state index in [1.54, 1.807) is 0 Å². The summed E-state index contributed by atoms with van der Waals surface area (Å²) in [4.78, 5) is 7.74. The van der Waals surface area contributed by atoms with Crippen LogP contribution < -0.4 is 0 Å². The van der Waals surface area contributed by atoms with E-state index < -0.39 is 0 Å². The number of aliphatic hydroxyl groups excluding tert-OH is 1. The van der Waals surface area contributed by atoms with Crippen molar-refractivity contribution in [1.29, 1.82) is 0 Å². The first-order valence-electron chi connectivity index (χ1n) is 11.3. The molecule has 4 aliphatic rings. The molecule has 154 valence electrons. The molecule has 4 nitrogen and oxygen atoms in total. The van der Waals surface area contributed by atoms with Crippen molar-refractivity contribution in [1.82, 2.24) is 4.90 Å². The van der Waals surface area contributed by atoms with Crippen molar-refractivity contribution in [3.8, 4) is 0 Å². The smallest absolute Gasteiger partial charge is 0.129 e. The number of rotatable bonds is 4. The minimum atomic E-state index is -0.0571. The lowest BCUT2D eigenvalue weighted by molar-refractivity contribution is -0.112. The number of oxime groups is 1. The summed E-state index contributed by atoms with van der Waals surface area (Å²) >= 11 is 0. The molecule has 0 amide bonds. The van der Waals surface area contributed by atoms with Crippen molar-refractivity contribution in [3.05, 3.63) is 0 Å². The lowest BCUT2D eigenvalue weighted by atomic mass is 9.45. The lowest BCUT2D eigenvalue weighted by Crippen LogP contribution is -2.54. The fourth-order valence-electron chi connectivity index (χ4n) is 7.48. The molecule has 4 heteroatoms. The summed E-state index contributed by atoms with van der Waals surface area (Å²) in [6.45, 7) is 6.59. The molecule has 0 bridgehead atoms. The Labute approximate surface area is 165 Å². The van der Waals surface area contributed by atoms with Crippen LogP contribution in [0.4, 0.5) is 0 Å². The number of likely N-dealkylation sites (N-methyl/N-ethyl adjacent to an activating group) is 1. The van der Waals surface area contributed by atoms with Gasteiger partial charge in [-0.15, -0.1) is 0 Å².